The monoisotopic (exact) mass is 280 g/mol. The normalized spacial score (nSPS) is 34.9. The Labute approximate surface area is 124 Å². The van der Waals surface area contributed by atoms with Crippen LogP contribution in [0.3, 0.4) is 0 Å². The Morgan fingerprint density at radius 3 is 1.70 bits per heavy atom. The number of rotatable bonds is 6. The van der Waals surface area contributed by atoms with Gasteiger partial charge in [-0.1, -0.05) is 45.4 Å². The molecule has 0 bridgehead atoms. The Bertz CT molecular complexity index is 284. The molecule has 0 unspecified atom stereocenters. The highest BCUT2D eigenvalue weighted by molar-refractivity contribution is 5.66. The van der Waals surface area contributed by atoms with Crippen molar-refractivity contribution in [1.29, 1.82) is 0 Å². The summed E-state index contributed by atoms with van der Waals surface area (Å²) in [6.45, 7) is 2.31. The van der Waals surface area contributed by atoms with E-state index in [1.165, 1.54) is 64.2 Å². The summed E-state index contributed by atoms with van der Waals surface area (Å²) >= 11 is 0. The standard InChI is InChI=1S/C18H32O2/c1-2-3-14-4-9-16(10-5-14)17-11-6-15(7-12-17)8-13-18(19)20/h14-17H,2-13H2,1H3,(H,19,20)/t14-,15?,16-,17?. The maximum atomic E-state index is 10.6. The second-order valence-electron chi connectivity index (χ2n) is 7.28. The minimum Gasteiger partial charge on any atom is -0.481 e. The van der Waals surface area contributed by atoms with Crippen molar-refractivity contribution in [2.75, 3.05) is 0 Å². The summed E-state index contributed by atoms with van der Waals surface area (Å²) in [5, 5.41) is 8.77. The molecule has 0 saturated heterocycles. The molecule has 0 amide bonds. The van der Waals surface area contributed by atoms with E-state index in [0.717, 1.165) is 24.2 Å². The van der Waals surface area contributed by atoms with Gasteiger partial charge in [0.1, 0.15) is 0 Å². The topological polar surface area (TPSA) is 37.3 Å². The van der Waals surface area contributed by atoms with E-state index in [1.54, 1.807) is 0 Å². The number of carbonyl (C=O) groups is 1. The molecular formula is C18H32O2. The molecular weight excluding hydrogens is 248 g/mol. The number of aliphatic carboxylic acids is 1. The summed E-state index contributed by atoms with van der Waals surface area (Å²) in [6, 6.07) is 0. The highest BCUT2D eigenvalue weighted by Gasteiger charge is 2.30. The van der Waals surface area contributed by atoms with Crippen LogP contribution in [-0.2, 0) is 4.79 Å². The molecule has 2 rings (SSSR count). The number of hydrogen-bond acceptors (Lipinski definition) is 1. The number of hydrogen-bond donors (Lipinski definition) is 1. The van der Waals surface area contributed by atoms with E-state index in [9.17, 15) is 4.79 Å². The largest absolute Gasteiger partial charge is 0.481 e. The van der Waals surface area contributed by atoms with Crippen LogP contribution in [0.5, 0.6) is 0 Å². The minimum atomic E-state index is -0.624. The van der Waals surface area contributed by atoms with Crippen LogP contribution in [-0.4, -0.2) is 11.1 Å². The molecule has 2 nitrogen and oxygen atoms in total. The molecule has 0 radical (unpaired) electrons. The third-order valence-corrected chi connectivity index (χ3v) is 5.91. The molecule has 1 N–H and O–H groups in total. The van der Waals surface area contributed by atoms with Crippen molar-refractivity contribution in [1.82, 2.24) is 0 Å². The minimum absolute atomic E-state index is 0.372. The number of carboxylic acids is 1. The SMILES string of the molecule is CCC[C@H]1CC[C@H](C2CCC(CCC(=O)O)CC2)CC1. The predicted octanol–water partition coefficient (Wildman–Crippen LogP) is 5.26. The molecule has 0 heterocycles. The molecule has 2 fully saturated rings. The van der Waals surface area contributed by atoms with Gasteiger partial charge in [-0.2, -0.15) is 0 Å². The maximum Gasteiger partial charge on any atom is 0.303 e. The van der Waals surface area contributed by atoms with Crippen LogP contribution in [0.15, 0.2) is 0 Å². The third-order valence-electron chi connectivity index (χ3n) is 5.91. The van der Waals surface area contributed by atoms with E-state index in [1.807, 2.05) is 0 Å². The van der Waals surface area contributed by atoms with Crippen molar-refractivity contribution in [3.05, 3.63) is 0 Å². The van der Waals surface area contributed by atoms with Crippen molar-refractivity contribution in [3.8, 4) is 0 Å². The van der Waals surface area contributed by atoms with E-state index in [2.05, 4.69) is 6.92 Å². The van der Waals surface area contributed by atoms with E-state index in [-0.39, 0.29) is 0 Å². The van der Waals surface area contributed by atoms with Crippen LogP contribution >= 0.6 is 0 Å². The molecule has 0 spiro atoms. The van der Waals surface area contributed by atoms with Crippen molar-refractivity contribution in [2.24, 2.45) is 23.7 Å². The summed E-state index contributed by atoms with van der Waals surface area (Å²) in [4.78, 5) is 10.6. The lowest BCUT2D eigenvalue weighted by Gasteiger charge is -2.37. The quantitative estimate of drug-likeness (QED) is 0.720. The van der Waals surface area contributed by atoms with Crippen LogP contribution in [0.1, 0.15) is 84.0 Å². The summed E-state index contributed by atoms with van der Waals surface area (Å²) in [7, 11) is 0. The lowest BCUT2D eigenvalue weighted by Crippen LogP contribution is -2.26. The first kappa shape index (κ1) is 15.9. The predicted molar refractivity (Wildman–Crippen MR) is 82.7 cm³/mol. The van der Waals surface area contributed by atoms with Crippen molar-refractivity contribution in [2.45, 2.75) is 84.0 Å². The van der Waals surface area contributed by atoms with Gasteiger partial charge in [0.15, 0.2) is 0 Å². The zero-order valence-corrected chi connectivity index (χ0v) is 13.2. The van der Waals surface area contributed by atoms with Gasteiger partial charge in [0.2, 0.25) is 0 Å². The van der Waals surface area contributed by atoms with Crippen LogP contribution < -0.4 is 0 Å². The van der Waals surface area contributed by atoms with Crippen LogP contribution in [0.2, 0.25) is 0 Å². The Kier molecular flexibility index (Phi) is 6.38. The first-order valence-corrected chi connectivity index (χ1v) is 8.90. The summed E-state index contributed by atoms with van der Waals surface area (Å²) in [6.07, 6.45) is 15.3. The lowest BCUT2D eigenvalue weighted by atomic mass is 9.68. The van der Waals surface area contributed by atoms with Crippen LogP contribution in [0.25, 0.3) is 0 Å². The fourth-order valence-corrected chi connectivity index (χ4v) is 4.63. The molecule has 0 aromatic heterocycles. The van der Waals surface area contributed by atoms with Crippen molar-refractivity contribution in [3.63, 3.8) is 0 Å². The van der Waals surface area contributed by atoms with E-state index in [4.69, 9.17) is 5.11 Å². The van der Waals surface area contributed by atoms with Gasteiger partial charge in [-0.3, -0.25) is 4.79 Å². The zero-order chi connectivity index (χ0) is 14.4. The first-order valence-electron chi connectivity index (χ1n) is 8.90. The average Bonchev–Trinajstić information content (AvgIpc) is 2.47. The third kappa shape index (κ3) is 4.79. The fourth-order valence-electron chi connectivity index (χ4n) is 4.63. The van der Waals surface area contributed by atoms with E-state index < -0.39 is 5.97 Å². The number of carboxylic acid groups (broad SMARTS) is 1. The van der Waals surface area contributed by atoms with Gasteiger partial charge in [0, 0.05) is 6.42 Å². The Morgan fingerprint density at radius 1 is 0.850 bits per heavy atom. The second-order valence-corrected chi connectivity index (χ2v) is 7.28. The fraction of sp³-hybridized carbons (Fsp3) is 0.944. The molecule has 2 aliphatic carbocycles. The highest BCUT2D eigenvalue weighted by Crippen LogP contribution is 2.42. The van der Waals surface area contributed by atoms with Gasteiger partial charge in [0.25, 0.3) is 0 Å². The molecule has 0 atom stereocenters. The second kappa shape index (κ2) is 8.05. The summed E-state index contributed by atoms with van der Waals surface area (Å²) in [5.74, 6) is 3.03. The Balaban J connectivity index is 1.65. The maximum absolute atomic E-state index is 10.6. The summed E-state index contributed by atoms with van der Waals surface area (Å²) in [5.41, 5.74) is 0. The van der Waals surface area contributed by atoms with Gasteiger partial charge < -0.3 is 5.11 Å². The van der Waals surface area contributed by atoms with Gasteiger partial charge in [-0.05, 0) is 55.8 Å². The highest BCUT2D eigenvalue weighted by atomic mass is 16.4. The Morgan fingerprint density at radius 2 is 1.30 bits per heavy atom. The summed E-state index contributed by atoms with van der Waals surface area (Å²) < 4.78 is 0. The lowest BCUT2D eigenvalue weighted by molar-refractivity contribution is -0.137. The molecule has 20 heavy (non-hydrogen) atoms. The van der Waals surface area contributed by atoms with Crippen molar-refractivity contribution < 1.29 is 9.90 Å². The molecule has 0 aromatic rings. The van der Waals surface area contributed by atoms with E-state index >= 15 is 0 Å². The molecule has 2 saturated carbocycles. The smallest absolute Gasteiger partial charge is 0.303 e. The van der Waals surface area contributed by atoms with Gasteiger partial charge in [-0.25, -0.2) is 0 Å². The molecule has 0 aliphatic heterocycles. The van der Waals surface area contributed by atoms with Gasteiger partial charge >= 0.3 is 5.97 Å². The molecule has 0 aromatic carbocycles. The molecule has 2 aliphatic rings. The van der Waals surface area contributed by atoms with Gasteiger partial charge in [-0.15, -0.1) is 0 Å². The van der Waals surface area contributed by atoms with Crippen LogP contribution in [0, 0.1) is 23.7 Å². The van der Waals surface area contributed by atoms with Crippen molar-refractivity contribution >= 4 is 5.97 Å². The first-order chi connectivity index (χ1) is 9.69. The van der Waals surface area contributed by atoms with Crippen LogP contribution in [0.4, 0.5) is 0 Å². The average molecular weight is 280 g/mol. The zero-order valence-electron chi connectivity index (χ0n) is 13.2. The van der Waals surface area contributed by atoms with Gasteiger partial charge in [0.05, 0.1) is 0 Å². The Hall–Kier alpha value is -0.530. The molecule has 116 valence electrons. The van der Waals surface area contributed by atoms with E-state index in [0.29, 0.717) is 12.3 Å². The molecule has 2 heteroatoms.